The van der Waals surface area contributed by atoms with E-state index >= 15 is 0 Å². The van der Waals surface area contributed by atoms with Gasteiger partial charge in [-0.2, -0.15) is 0 Å². The monoisotopic (exact) mass is 360 g/mol. The standard InChI is InChI=1S/C13H17BrN2O3S/c1-13(2,11(15)12(18)19)20-7-10(17)16-9-5-3-8(14)4-6-9/h3-6,11H,7,15H2,1-2H3,(H,16,17)(H,18,19)/t11-/m0/s1. The second kappa shape index (κ2) is 7.10. The molecular weight excluding hydrogens is 344 g/mol. The van der Waals surface area contributed by atoms with Gasteiger partial charge in [-0.3, -0.25) is 9.59 Å². The Bertz CT molecular complexity index is 491. The average Bonchev–Trinajstić information content (AvgIpc) is 2.38. The third-order valence-electron chi connectivity index (χ3n) is 2.72. The highest BCUT2D eigenvalue weighted by Crippen LogP contribution is 2.27. The lowest BCUT2D eigenvalue weighted by Gasteiger charge is -2.27. The van der Waals surface area contributed by atoms with Crippen molar-refractivity contribution in [2.45, 2.75) is 24.6 Å². The minimum atomic E-state index is -1.07. The van der Waals surface area contributed by atoms with Gasteiger partial charge in [-0.15, -0.1) is 11.8 Å². The van der Waals surface area contributed by atoms with Crippen LogP contribution in [0, 0.1) is 0 Å². The van der Waals surface area contributed by atoms with Gasteiger partial charge in [0.2, 0.25) is 5.91 Å². The minimum Gasteiger partial charge on any atom is -0.480 e. The minimum absolute atomic E-state index is 0.143. The summed E-state index contributed by atoms with van der Waals surface area (Å²) in [5.74, 6) is -1.12. The molecule has 0 aromatic heterocycles. The average molecular weight is 361 g/mol. The number of carbonyl (C=O) groups is 2. The third-order valence-corrected chi connectivity index (χ3v) is 4.65. The van der Waals surface area contributed by atoms with Gasteiger partial charge in [-0.05, 0) is 38.1 Å². The van der Waals surface area contributed by atoms with Crippen LogP contribution in [-0.2, 0) is 9.59 Å². The van der Waals surface area contributed by atoms with E-state index in [4.69, 9.17) is 10.8 Å². The normalized spacial score (nSPS) is 12.8. The Kier molecular flexibility index (Phi) is 6.04. The number of halogens is 1. The number of carbonyl (C=O) groups excluding carboxylic acids is 1. The molecule has 5 nitrogen and oxygen atoms in total. The number of anilines is 1. The molecule has 1 amide bonds. The van der Waals surface area contributed by atoms with Crippen LogP contribution in [0.5, 0.6) is 0 Å². The van der Waals surface area contributed by atoms with Crippen LogP contribution >= 0.6 is 27.7 Å². The molecule has 0 fully saturated rings. The highest BCUT2D eigenvalue weighted by atomic mass is 79.9. The predicted octanol–water partition coefficient (Wildman–Crippen LogP) is 2.31. The molecule has 1 aromatic carbocycles. The van der Waals surface area contributed by atoms with E-state index in [-0.39, 0.29) is 11.7 Å². The summed E-state index contributed by atoms with van der Waals surface area (Å²) in [5, 5.41) is 11.6. The van der Waals surface area contributed by atoms with Crippen LogP contribution in [0.2, 0.25) is 0 Å². The fourth-order valence-corrected chi connectivity index (χ4v) is 2.49. The number of hydrogen-bond acceptors (Lipinski definition) is 4. The summed E-state index contributed by atoms with van der Waals surface area (Å²) < 4.78 is 0.210. The summed E-state index contributed by atoms with van der Waals surface area (Å²) in [4.78, 5) is 22.7. The lowest BCUT2D eigenvalue weighted by Crippen LogP contribution is -2.47. The van der Waals surface area contributed by atoms with Crippen LogP contribution in [0.4, 0.5) is 5.69 Å². The molecule has 1 atom stereocenters. The Morgan fingerprint density at radius 3 is 2.45 bits per heavy atom. The maximum Gasteiger partial charge on any atom is 0.321 e. The number of nitrogens with two attached hydrogens (primary N) is 1. The molecule has 1 rings (SSSR count). The zero-order valence-corrected chi connectivity index (χ0v) is 13.6. The summed E-state index contributed by atoms with van der Waals surface area (Å²) in [6.07, 6.45) is 0. The van der Waals surface area contributed by atoms with Gasteiger partial charge >= 0.3 is 5.97 Å². The van der Waals surface area contributed by atoms with E-state index < -0.39 is 16.8 Å². The highest BCUT2D eigenvalue weighted by Gasteiger charge is 2.33. The Morgan fingerprint density at radius 1 is 1.40 bits per heavy atom. The first-order valence-corrected chi connectivity index (χ1v) is 7.68. The molecule has 0 unspecified atom stereocenters. The number of thioether (sulfide) groups is 1. The molecule has 110 valence electrons. The van der Waals surface area contributed by atoms with Crippen molar-refractivity contribution < 1.29 is 14.7 Å². The third kappa shape index (κ3) is 5.15. The molecule has 0 saturated heterocycles. The number of hydrogen-bond donors (Lipinski definition) is 3. The molecule has 0 saturated carbocycles. The number of carboxylic acids is 1. The van der Waals surface area contributed by atoms with E-state index in [1.54, 1.807) is 26.0 Å². The molecule has 7 heteroatoms. The molecule has 4 N–H and O–H groups in total. The molecule has 0 aliphatic carbocycles. The summed E-state index contributed by atoms with van der Waals surface area (Å²) in [6.45, 7) is 3.42. The first-order chi connectivity index (χ1) is 9.22. The van der Waals surface area contributed by atoms with Gasteiger partial charge in [0.05, 0.1) is 5.75 Å². The molecule has 0 bridgehead atoms. The molecule has 0 spiro atoms. The summed E-state index contributed by atoms with van der Waals surface area (Å²) >= 11 is 4.53. The van der Waals surface area contributed by atoms with E-state index in [0.29, 0.717) is 5.69 Å². The van der Waals surface area contributed by atoms with Gasteiger partial charge in [0.25, 0.3) is 0 Å². The van der Waals surface area contributed by atoms with Crippen LogP contribution < -0.4 is 11.1 Å². The highest BCUT2D eigenvalue weighted by molar-refractivity contribution is 9.10. The summed E-state index contributed by atoms with van der Waals surface area (Å²) in [6, 6.07) is 6.19. The van der Waals surface area contributed by atoms with E-state index in [0.717, 1.165) is 4.47 Å². The van der Waals surface area contributed by atoms with Gasteiger partial charge in [0.15, 0.2) is 0 Å². The molecule has 0 aliphatic heterocycles. The van der Waals surface area contributed by atoms with E-state index in [1.165, 1.54) is 11.8 Å². The maximum atomic E-state index is 11.8. The topological polar surface area (TPSA) is 92.4 Å². The predicted molar refractivity (Wildman–Crippen MR) is 84.9 cm³/mol. The van der Waals surface area contributed by atoms with Crippen LogP contribution in [0.3, 0.4) is 0 Å². The first kappa shape index (κ1) is 17.0. The van der Waals surface area contributed by atoms with Gasteiger partial charge in [-0.1, -0.05) is 15.9 Å². The Labute approximate surface area is 130 Å². The van der Waals surface area contributed by atoms with Crippen molar-refractivity contribution in [3.05, 3.63) is 28.7 Å². The van der Waals surface area contributed by atoms with Gasteiger partial charge in [0, 0.05) is 14.9 Å². The van der Waals surface area contributed by atoms with E-state index in [9.17, 15) is 9.59 Å². The number of amides is 1. The van der Waals surface area contributed by atoms with E-state index in [1.807, 2.05) is 12.1 Å². The first-order valence-electron chi connectivity index (χ1n) is 5.90. The Morgan fingerprint density at radius 2 is 1.95 bits per heavy atom. The summed E-state index contributed by atoms with van der Waals surface area (Å²) in [5.41, 5.74) is 6.29. The summed E-state index contributed by atoms with van der Waals surface area (Å²) in [7, 11) is 0. The van der Waals surface area contributed by atoms with Crippen LogP contribution in [-0.4, -0.2) is 33.5 Å². The number of benzene rings is 1. The maximum absolute atomic E-state index is 11.8. The zero-order chi connectivity index (χ0) is 15.3. The molecule has 0 aliphatic rings. The quantitative estimate of drug-likeness (QED) is 0.723. The fourth-order valence-electron chi connectivity index (χ4n) is 1.37. The lowest BCUT2D eigenvalue weighted by atomic mass is 10.1. The van der Waals surface area contributed by atoms with Crippen LogP contribution in [0.25, 0.3) is 0 Å². The molecular formula is C13H17BrN2O3S. The largest absolute Gasteiger partial charge is 0.480 e. The molecule has 0 radical (unpaired) electrons. The van der Waals surface area contributed by atoms with Crippen molar-refractivity contribution in [3.8, 4) is 0 Å². The van der Waals surface area contributed by atoms with Crippen molar-refractivity contribution in [1.82, 2.24) is 0 Å². The lowest BCUT2D eigenvalue weighted by molar-refractivity contribution is -0.139. The van der Waals surface area contributed by atoms with Crippen molar-refractivity contribution in [2.75, 3.05) is 11.1 Å². The van der Waals surface area contributed by atoms with Gasteiger partial charge < -0.3 is 16.2 Å². The second-order valence-electron chi connectivity index (χ2n) is 4.76. The van der Waals surface area contributed by atoms with Crippen molar-refractivity contribution in [2.24, 2.45) is 5.73 Å². The van der Waals surface area contributed by atoms with E-state index in [2.05, 4.69) is 21.2 Å². The van der Waals surface area contributed by atoms with Gasteiger partial charge in [-0.25, -0.2) is 0 Å². The molecule has 1 aromatic rings. The van der Waals surface area contributed by atoms with Crippen molar-refractivity contribution in [1.29, 1.82) is 0 Å². The number of carboxylic acid groups (broad SMARTS) is 1. The Balaban J connectivity index is 2.51. The van der Waals surface area contributed by atoms with Crippen LogP contribution in [0.1, 0.15) is 13.8 Å². The number of nitrogens with one attached hydrogen (secondary N) is 1. The fraction of sp³-hybridized carbons (Fsp3) is 0.385. The molecule has 20 heavy (non-hydrogen) atoms. The molecule has 0 heterocycles. The second-order valence-corrected chi connectivity index (χ2v) is 7.31. The van der Waals surface area contributed by atoms with Crippen LogP contribution in [0.15, 0.2) is 28.7 Å². The number of aliphatic carboxylic acids is 1. The Hall–Kier alpha value is -1.05. The zero-order valence-electron chi connectivity index (χ0n) is 11.2. The smallest absolute Gasteiger partial charge is 0.321 e. The SMILES string of the molecule is CC(C)(SCC(=O)Nc1ccc(Br)cc1)[C@@H](N)C(=O)O. The van der Waals surface area contributed by atoms with Crippen molar-refractivity contribution >= 4 is 45.3 Å². The number of rotatable bonds is 6. The van der Waals surface area contributed by atoms with Gasteiger partial charge in [0.1, 0.15) is 6.04 Å². The van der Waals surface area contributed by atoms with Crippen molar-refractivity contribution in [3.63, 3.8) is 0 Å².